The lowest BCUT2D eigenvalue weighted by Gasteiger charge is -2.12. The number of fused-ring (bicyclic) bond motifs is 1. The predicted molar refractivity (Wildman–Crippen MR) is 122 cm³/mol. The van der Waals surface area contributed by atoms with Crippen LogP contribution in [0.25, 0.3) is 6.08 Å². The lowest BCUT2D eigenvalue weighted by molar-refractivity contribution is 0.0732. The first kappa shape index (κ1) is 22.0. The van der Waals surface area contributed by atoms with Crippen LogP contribution in [0.1, 0.15) is 31.8 Å². The molecule has 0 atom stereocenters. The Hall–Kier alpha value is -4.26. The number of ketones is 1. The molecule has 0 unspecified atom stereocenters. The Kier molecular flexibility index (Phi) is 6.04. The van der Waals surface area contributed by atoms with Gasteiger partial charge in [0.25, 0.3) is 0 Å². The van der Waals surface area contributed by atoms with Gasteiger partial charge in [0, 0.05) is 11.1 Å². The first-order chi connectivity index (χ1) is 16.0. The third kappa shape index (κ3) is 4.13. The normalized spacial score (nSPS) is 13.3. The third-order valence-corrected chi connectivity index (χ3v) is 5.28. The molecule has 33 heavy (non-hydrogen) atoms. The summed E-state index contributed by atoms with van der Waals surface area (Å²) in [6.45, 7) is 1.73. The van der Waals surface area contributed by atoms with Crippen molar-refractivity contribution in [3.05, 3.63) is 82.6 Å². The zero-order valence-corrected chi connectivity index (χ0v) is 18.6. The molecule has 7 nitrogen and oxygen atoms in total. The molecule has 1 aliphatic rings. The predicted octanol–water partition coefficient (Wildman–Crippen LogP) is 4.86. The van der Waals surface area contributed by atoms with Gasteiger partial charge in [0.05, 0.1) is 32.5 Å². The van der Waals surface area contributed by atoms with Crippen LogP contribution in [0, 0.1) is 6.92 Å². The Balaban J connectivity index is 1.61. The van der Waals surface area contributed by atoms with Gasteiger partial charge < -0.3 is 23.7 Å². The Morgan fingerprint density at radius 3 is 2.27 bits per heavy atom. The number of hydrogen-bond acceptors (Lipinski definition) is 7. The molecule has 0 radical (unpaired) electrons. The number of para-hydroxylation sites is 1. The minimum atomic E-state index is -0.576. The first-order valence-electron chi connectivity index (χ1n) is 10.1. The van der Waals surface area contributed by atoms with Crippen molar-refractivity contribution in [1.82, 2.24) is 0 Å². The minimum absolute atomic E-state index is 0.168. The summed E-state index contributed by atoms with van der Waals surface area (Å²) in [6, 6.07) is 15.2. The van der Waals surface area contributed by atoms with Gasteiger partial charge in [0.15, 0.2) is 17.3 Å². The number of benzene rings is 3. The van der Waals surface area contributed by atoms with E-state index in [0.29, 0.717) is 51.0 Å². The van der Waals surface area contributed by atoms with Gasteiger partial charge in [-0.25, -0.2) is 4.79 Å². The fourth-order valence-electron chi connectivity index (χ4n) is 3.53. The highest BCUT2D eigenvalue weighted by Gasteiger charge is 2.31. The van der Waals surface area contributed by atoms with E-state index < -0.39 is 5.97 Å². The molecule has 4 rings (SSSR count). The van der Waals surface area contributed by atoms with Crippen LogP contribution in [0.15, 0.2) is 60.4 Å². The maximum Gasteiger partial charge on any atom is 0.343 e. The first-order valence-corrected chi connectivity index (χ1v) is 10.1. The summed E-state index contributed by atoms with van der Waals surface area (Å²) in [7, 11) is 4.57. The average Bonchev–Trinajstić information content (AvgIpc) is 3.16. The van der Waals surface area contributed by atoms with E-state index in [-0.39, 0.29) is 11.5 Å². The number of carbonyl (C=O) groups excluding carboxylic acids is 2. The second kappa shape index (κ2) is 9.08. The number of rotatable bonds is 6. The molecular weight excluding hydrogens is 424 g/mol. The minimum Gasteiger partial charge on any atom is -0.496 e. The van der Waals surface area contributed by atoms with Crippen LogP contribution >= 0.6 is 0 Å². The summed E-state index contributed by atoms with van der Waals surface area (Å²) in [6.07, 6.45) is 1.63. The van der Waals surface area contributed by atoms with Crippen LogP contribution in [0.5, 0.6) is 28.7 Å². The summed E-state index contributed by atoms with van der Waals surface area (Å²) in [4.78, 5) is 25.6. The summed E-state index contributed by atoms with van der Waals surface area (Å²) in [5.74, 6) is 1.53. The van der Waals surface area contributed by atoms with Gasteiger partial charge in [0.2, 0.25) is 5.78 Å². The van der Waals surface area contributed by atoms with Gasteiger partial charge >= 0.3 is 5.97 Å². The van der Waals surface area contributed by atoms with Crippen molar-refractivity contribution in [3.8, 4) is 28.7 Å². The molecule has 1 aliphatic heterocycles. The second-order valence-corrected chi connectivity index (χ2v) is 7.21. The highest BCUT2D eigenvalue weighted by atomic mass is 16.5. The van der Waals surface area contributed by atoms with Crippen LogP contribution in [0.4, 0.5) is 0 Å². The quantitative estimate of drug-likeness (QED) is 0.304. The van der Waals surface area contributed by atoms with Gasteiger partial charge in [-0.1, -0.05) is 18.2 Å². The highest BCUT2D eigenvalue weighted by molar-refractivity contribution is 6.15. The fourth-order valence-corrected chi connectivity index (χ4v) is 3.53. The number of methoxy groups -OCH3 is 3. The molecule has 3 aromatic carbocycles. The van der Waals surface area contributed by atoms with Gasteiger partial charge in [-0.05, 0) is 49.4 Å². The smallest absolute Gasteiger partial charge is 0.343 e. The lowest BCUT2D eigenvalue weighted by Crippen LogP contribution is -2.10. The highest BCUT2D eigenvalue weighted by Crippen LogP contribution is 2.40. The van der Waals surface area contributed by atoms with E-state index in [1.54, 1.807) is 50.4 Å². The molecular formula is C26H22O7. The molecule has 0 fully saturated rings. The van der Waals surface area contributed by atoms with Crippen molar-refractivity contribution in [2.24, 2.45) is 0 Å². The number of hydrogen-bond donors (Lipinski definition) is 0. The van der Waals surface area contributed by atoms with Gasteiger partial charge in [0.1, 0.15) is 17.2 Å². The molecule has 3 aromatic rings. The lowest BCUT2D eigenvalue weighted by atomic mass is 10.1. The molecule has 0 aromatic heterocycles. The summed E-state index contributed by atoms with van der Waals surface area (Å²) in [5.41, 5.74) is 1.95. The zero-order chi connectivity index (χ0) is 23.5. The standard InChI is InChI=1S/C26H22O7/c1-15-19(33-26(28)17-9-11-21(30-3)22(14-17)31-4)12-10-18-24(27)23(32-25(15)18)13-16-7-5-6-8-20(16)29-2/h5-14H,1-4H3/b23-13-. The van der Waals surface area contributed by atoms with Crippen molar-refractivity contribution >= 4 is 17.8 Å². The summed E-state index contributed by atoms with van der Waals surface area (Å²) in [5, 5.41) is 0. The molecule has 0 saturated heterocycles. The topological polar surface area (TPSA) is 80.3 Å². The Morgan fingerprint density at radius 2 is 1.55 bits per heavy atom. The second-order valence-electron chi connectivity index (χ2n) is 7.21. The van der Waals surface area contributed by atoms with Gasteiger partial charge in [-0.2, -0.15) is 0 Å². The summed E-state index contributed by atoms with van der Waals surface area (Å²) < 4.78 is 27.2. The Bertz CT molecular complexity index is 1270. The summed E-state index contributed by atoms with van der Waals surface area (Å²) >= 11 is 0. The molecule has 0 aliphatic carbocycles. The fraction of sp³-hybridized carbons (Fsp3) is 0.154. The van der Waals surface area contributed by atoms with Crippen LogP contribution in [-0.2, 0) is 0 Å². The van der Waals surface area contributed by atoms with E-state index in [2.05, 4.69) is 0 Å². The average molecular weight is 446 g/mol. The van der Waals surface area contributed by atoms with E-state index in [1.807, 2.05) is 18.2 Å². The number of carbonyl (C=O) groups is 2. The number of esters is 1. The Morgan fingerprint density at radius 1 is 0.848 bits per heavy atom. The van der Waals surface area contributed by atoms with Crippen molar-refractivity contribution in [2.45, 2.75) is 6.92 Å². The van der Waals surface area contributed by atoms with Gasteiger partial charge in [-0.3, -0.25) is 4.79 Å². The molecule has 7 heteroatoms. The maximum atomic E-state index is 12.9. The molecule has 0 bridgehead atoms. The number of allylic oxidation sites excluding steroid dienone is 1. The van der Waals surface area contributed by atoms with E-state index in [4.69, 9.17) is 23.7 Å². The third-order valence-electron chi connectivity index (χ3n) is 5.28. The van der Waals surface area contributed by atoms with E-state index in [0.717, 1.165) is 0 Å². The molecule has 1 heterocycles. The SMILES string of the molecule is COc1ccccc1/C=C1\Oc2c(ccc(OC(=O)c3ccc(OC)c(OC)c3)c2C)C1=O. The van der Waals surface area contributed by atoms with E-state index in [1.165, 1.54) is 20.3 Å². The van der Waals surface area contributed by atoms with Crippen molar-refractivity contribution in [1.29, 1.82) is 0 Å². The van der Waals surface area contributed by atoms with Crippen LogP contribution in [-0.4, -0.2) is 33.1 Å². The molecule has 168 valence electrons. The number of ether oxygens (including phenoxy) is 5. The van der Waals surface area contributed by atoms with Gasteiger partial charge in [-0.15, -0.1) is 0 Å². The van der Waals surface area contributed by atoms with Crippen molar-refractivity contribution in [3.63, 3.8) is 0 Å². The van der Waals surface area contributed by atoms with Crippen molar-refractivity contribution < 1.29 is 33.3 Å². The Labute approximate surface area is 191 Å². The zero-order valence-electron chi connectivity index (χ0n) is 18.6. The van der Waals surface area contributed by atoms with E-state index in [9.17, 15) is 9.59 Å². The van der Waals surface area contributed by atoms with Crippen LogP contribution in [0.3, 0.4) is 0 Å². The molecule has 0 amide bonds. The van der Waals surface area contributed by atoms with Crippen LogP contribution in [0.2, 0.25) is 0 Å². The molecule has 0 spiro atoms. The maximum absolute atomic E-state index is 12.9. The monoisotopic (exact) mass is 446 g/mol. The largest absolute Gasteiger partial charge is 0.496 e. The molecule has 0 N–H and O–H groups in total. The molecule has 0 saturated carbocycles. The van der Waals surface area contributed by atoms with Crippen molar-refractivity contribution in [2.75, 3.05) is 21.3 Å². The van der Waals surface area contributed by atoms with E-state index >= 15 is 0 Å². The number of Topliss-reactive ketones (excluding diaryl/α,β-unsaturated/α-hetero) is 1. The van der Waals surface area contributed by atoms with Crippen LogP contribution < -0.4 is 23.7 Å².